The van der Waals surface area contributed by atoms with E-state index < -0.39 is 11.9 Å². The average molecular weight is 357 g/mol. The first-order valence-electron chi connectivity index (χ1n) is 8.01. The Morgan fingerprint density at radius 3 is 2.57 bits per heavy atom. The molecule has 0 aliphatic heterocycles. The maximum atomic E-state index is 12.6. The smallest absolute Gasteiger partial charge is 0.321 e. The van der Waals surface area contributed by atoms with Crippen LogP contribution < -0.4 is 10.6 Å². The Hall–Kier alpha value is -1.26. The zero-order chi connectivity index (χ0) is 16.7. The van der Waals surface area contributed by atoms with Crippen LogP contribution in [0.3, 0.4) is 0 Å². The molecule has 0 heterocycles. The van der Waals surface area contributed by atoms with Crippen LogP contribution in [-0.4, -0.2) is 24.4 Å². The Labute approximate surface area is 146 Å². The maximum absolute atomic E-state index is 12.6. The van der Waals surface area contributed by atoms with Gasteiger partial charge in [-0.3, -0.25) is 10.1 Å². The first-order valence-corrected chi connectivity index (χ1v) is 8.92. The average Bonchev–Trinajstić information content (AvgIpc) is 3.04. The fourth-order valence-corrected chi connectivity index (χ4v) is 3.48. The zero-order valence-corrected chi connectivity index (χ0v) is 14.5. The highest BCUT2D eigenvalue weighted by Gasteiger charge is 2.28. The van der Waals surface area contributed by atoms with Crippen LogP contribution in [0.4, 0.5) is 4.79 Å². The van der Waals surface area contributed by atoms with Crippen molar-refractivity contribution in [3.05, 3.63) is 34.9 Å². The molecule has 1 fully saturated rings. The molecule has 0 spiro atoms. The largest absolute Gasteiger partial charge is 0.337 e. The lowest BCUT2D eigenvalue weighted by Gasteiger charge is -2.21. The van der Waals surface area contributed by atoms with Crippen molar-refractivity contribution in [2.75, 3.05) is 12.4 Å². The van der Waals surface area contributed by atoms with E-state index in [9.17, 15) is 9.59 Å². The van der Waals surface area contributed by atoms with Crippen molar-refractivity contribution in [2.24, 2.45) is 5.92 Å². The van der Waals surface area contributed by atoms with Crippen molar-refractivity contribution in [3.8, 4) is 0 Å². The normalized spacial score (nSPS) is 16.1. The Kier molecular flexibility index (Phi) is 7.18. The van der Waals surface area contributed by atoms with Crippen molar-refractivity contribution in [1.29, 1.82) is 0 Å². The van der Waals surface area contributed by atoms with E-state index in [1.54, 1.807) is 6.07 Å². The van der Waals surface area contributed by atoms with E-state index in [1.807, 2.05) is 18.2 Å². The van der Waals surface area contributed by atoms with Gasteiger partial charge in [-0.2, -0.15) is 0 Å². The molecule has 23 heavy (non-hydrogen) atoms. The summed E-state index contributed by atoms with van der Waals surface area (Å²) in [5, 5.41) is 5.51. The van der Waals surface area contributed by atoms with E-state index in [0.717, 1.165) is 24.8 Å². The highest BCUT2D eigenvalue weighted by molar-refractivity contribution is 6.31. The zero-order valence-electron chi connectivity index (χ0n) is 13.0. The summed E-state index contributed by atoms with van der Waals surface area (Å²) in [5.74, 6) is 0.0935. The fraction of sp³-hybridized carbons (Fsp3) is 0.529. The van der Waals surface area contributed by atoms with Gasteiger partial charge >= 0.3 is 6.03 Å². The summed E-state index contributed by atoms with van der Waals surface area (Å²) in [4.78, 5) is 24.3. The van der Waals surface area contributed by atoms with Gasteiger partial charge in [0.25, 0.3) is 0 Å². The molecule has 0 bridgehead atoms. The third-order valence-corrected chi connectivity index (χ3v) is 4.79. The number of rotatable bonds is 6. The summed E-state index contributed by atoms with van der Waals surface area (Å²) < 4.78 is 0. The molecule has 2 N–H and O–H groups in total. The van der Waals surface area contributed by atoms with Gasteiger partial charge in [0.05, 0.1) is 5.92 Å². The van der Waals surface area contributed by atoms with Gasteiger partial charge in [-0.15, -0.1) is 11.6 Å². The van der Waals surface area contributed by atoms with Gasteiger partial charge in [-0.25, -0.2) is 4.79 Å². The third kappa shape index (κ3) is 5.40. The number of halogens is 2. The molecular weight excluding hydrogens is 335 g/mol. The van der Waals surface area contributed by atoms with Crippen LogP contribution >= 0.6 is 23.2 Å². The summed E-state index contributed by atoms with van der Waals surface area (Å²) in [6.07, 6.45) is 5.40. The first-order chi connectivity index (χ1) is 11.1. The molecule has 1 aliphatic rings. The number of carbonyl (C=O) groups is 2. The van der Waals surface area contributed by atoms with E-state index in [2.05, 4.69) is 10.6 Å². The van der Waals surface area contributed by atoms with Crippen molar-refractivity contribution in [3.63, 3.8) is 0 Å². The van der Waals surface area contributed by atoms with Gasteiger partial charge in [0.15, 0.2) is 0 Å². The minimum Gasteiger partial charge on any atom is -0.337 e. The number of amides is 3. The summed E-state index contributed by atoms with van der Waals surface area (Å²) in [6, 6.07) is 6.82. The minimum absolute atomic E-state index is 0.303. The van der Waals surface area contributed by atoms with E-state index in [-0.39, 0.29) is 5.91 Å². The molecule has 1 unspecified atom stereocenters. The molecule has 6 heteroatoms. The van der Waals surface area contributed by atoms with Crippen LogP contribution in [0.1, 0.15) is 43.6 Å². The van der Waals surface area contributed by atoms with Crippen LogP contribution in [-0.2, 0) is 4.79 Å². The van der Waals surface area contributed by atoms with Gasteiger partial charge in [-0.05, 0) is 24.0 Å². The van der Waals surface area contributed by atoms with E-state index in [0.29, 0.717) is 23.4 Å². The van der Waals surface area contributed by atoms with Crippen molar-refractivity contribution in [2.45, 2.75) is 38.0 Å². The Morgan fingerprint density at radius 2 is 1.91 bits per heavy atom. The molecule has 1 aromatic rings. The van der Waals surface area contributed by atoms with Gasteiger partial charge < -0.3 is 5.32 Å². The Bertz CT molecular complexity index is 545. The fourth-order valence-electron chi connectivity index (χ4n) is 3.12. The van der Waals surface area contributed by atoms with Crippen molar-refractivity contribution >= 4 is 35.1 Å². The van der Waals surface area contributed by atoms with Gasteiger partial charge in [-0.1, -0.05) is 55.5 Å². The second-order valence-corrected chi connectivity index (χ2v) is 6.68. The predicted octanol–water partition coefficient (Wildman–Crippen LogP) is 4.07. The monoisotopic (exact) mass is 356 g/mol. The Balaban J connectivity index is 2.10. The SMILES string of the molecule is O=C(NCCCl)NC(=O)C(CC1CCCC1)c1ccccc1Cl. The van der Waals surface area contributed by atoms with Crippen LogP contribution in [0.25, 0.3) is 0 Å². The number of hydrogen-bond acceptors (Lipinski definition) is 2. The highest BCUT2D eigenvalue weighted by Crippen LogP contribution is 2.36. The molecule has 4 nitrogen and oxygen atoms in total. The quantitative estimate of drug-likeness (QED) is 0.754. The highest BCUT2D eigenvalue weighted by atomic mass is 35.5. The lowest BCUT2D eigenvalue weighted by atomic mass is 9.87. The second-order valence-electron chi connectivity index (χ2n) is 5.89. The predicted molar refractivity (Wildman–Crippen MR) is 93.0 cm³/mol. The molecule has 1 aromatic carbocycles. The number of benzene rings is 1. The number of urea groups is 1. The third-order valence-electron chi connectivity index (χ3n) is 4.26. The standard InChI is InChI=1S/C17H22Cl2N2O2/c18-9-10-20-17(23)21-16(22)14(11-12-5-1-2-6-12)13-7-3-4-8-15(13)19/h3-4,7-8,12,14H,1-2,5-6,9-11H2,(H2,20,21,22,23). The minimum atomic E-state index is -0.515. The topological polar surface area (TPSA) is 58.2 Å². The molecule has 1 atom stereocenters. The molecule has 1 aliphatic carbocycles. The van der Waals surface area contributed by atoms with Gasteiger partial charge in [0, 0.05) is 17.4 Å². The van der Waals surface area contributed by atoms with Crippen LogP contribution in [0.15, 0.2) is 24.3 Å². The molecule has 0 radical (unpaired) electrons. The van der Waals surface area contributed by atoms with Gasteiger partial charge in [0.1, 0.15) is 0 Å². The first kappa shape index (κ1) is 18.1. The van der Waals surface area contributed by atoms with Crippen molar-refractivity contribution in [1.82, 2.24) is 10.6 Å². The van der Waals surface area contributed by atoms with Crippen molar-refractivity contribution < 1.29 is 9.59 Å². The molecule has 3 amide bonds. The van der Waals surface area contributed by atoms with E-state index in [4.69, 9.17) is 23.2 Å². The molecular formula is C17H22Cl2N2O2. The number of carbonyl (C=O) groups excluding carboxylic acids is 2. The van der Waals surface area contributed by atoms with Crippen LogP contribution in [0.5, 0.6) is 0 Å². The van der Waals surface area contributed by atoms with Gasteiger partial charge in [0.2, 0.25) is 5.91 Å². The molecule has 126 valence electrons. The van der Waals surface area contributed by atoms with E-state index in [1.165, 1.54) is 12.8 Å². The van der Waals surface area contributed by atoms with Crippen LogP contribution in [0, 0.1) is 5.92 Å². The summed E-state index contributed by atoms with van der Waals surface area (Å²) in [6.45, 7) is 0.319. The molecule has 1 saturated carbocycles. The summed E-state index contributed by atoms with van der Waals surface area (Å²) in [7, 11) is 0. The molecule has 2 rings (SSSR count). The molecule has 0 aromatic heterocycles. The maximum Gasteiger partial charge on any atom is 0.321 e. The number of imide groups is 1. The summed E-state index contributed by atoms with van der Waals surface area (Å²) in [5.41, 5.74) is 0.781. The molecule has 0 saturated heterocycles. The van der Waals surface area contributed by atoms with E-state index >= 15 is 0 Å². The second kappa shape index (κ2) is 9.14. The lowest BCUT2D eigenvalue weighted by molar-refractivity contribution is -0.121. The number of hydrogen-bond donors (Lipinski definition) is 2. The number of nitrogens with one attached hydrogen (secondary N) is 2. The Morgan fingerprint density at radius 1 is 1.22 bits per heavy atom. The lowest BCUT2D eigenvalue weighted by Crippen LogP contribution is -2.42. The summed E-state index contributed by atoms with van der Waals surface area (Å²) >= 11 is 11.8. The van der Waals surface area contributed by atoms with Crippen LogP contribution in [0.2, 0.25) is 5.02 Å². The number of alkyl halides is 1.